The summed E-state index contributed by atoms with van der Waals surface area (Å²) in [7, 11) is 3.38. The molecule has 146 valence electrons. The molecule has 5 nitrogen and oxygen atoms in total. The molecule has 0 N–H and O–H groups in total. The molecule has 2 aromatic carbocycles. The third kappa shape index (κ3) is 4.13. The van der Waals surface area contributed by atoms with Crippen molar-refractivity contribution in [2.75, 3.05) is 20.7 Å². The minimum absolute atomic E-state index is 0.1000. The predicted octanol–water partition coefficient (Wildman–Crippen LogP) is 4.35. The van der Waals surface area contributed by atoms with E-state index < -0.39 is 0 Å². The second-order valence-corrected chi connectivity index (χ2v) is 7.05. The molecule has 2 aromatic rings. The maximum Gasteiger partial charge on any atom is 0.276 e. The molecule has 1 fully saturated rings. The highest BCUT2D eigenvalue weighted by molar-refractivity contribution is 7.80. The molecule has 0 saturated carbocycles. The van der Waals surface area contributed by atoms with Crippen LogP contribution in [0.1, 0.15) is 18.1 Å². The zero-order valence-corrected chi connectivity index (χ0v) is 17.5. The summed E-state index contributed by atoms with van der Waals surface area (Å²) in [5, 5.41) is 1.19. The van der Waals surface area contributed by atoms with E-state index in [1.807, 2.05) is 49.4 Å². The van der Waals surface area contributed by atoms with Crippen molar-refractivity contribution in [2.24, 2.45) is 0 Å². The lowest BCUT2D eigenvalue weighted by molar-refractivity contribution is -0.122. The summed E-state index contributed by atoms with van der Waals surface area (Å²) in [5.41, 5.74) is 2.36. The van der Waals surface area contributed by atoms with Crippen molar-refractivity contribution in [2.45, 2.75) is 13.5 Å². The minimum atomic E-state index is -0.1000. The first-order valence-electron chi connectivity index (χ1n) is 8.81. The summed E-state index contributed by atoms with van der Waals surface area (Å²) in [6, 6.07) is 13.0. The smallest absolute Gasteiger partial charge is 0.276 e. The number of nitrogens with zero attached hydrogens (tertiary/aromatic N) is 2. The average molecular weight is 417 g/mol. The number of carbonyl (C=O) groups excluding carboxylic acids is 1. The van der Waals surface area contributed by atoms with E-state index in [2.05, 4.69) is 0 Å². The number of benzene rings is 2. The lowest BCUT2D eigenvalue weighted by atomic mass is 10.1. The fraction of sp³-hybridized carbons (Fsp3) is 0.238. The third-order valence-corrected chi connectivity index (χ3v) is 5.20. The molecule has 0 bridgehead atoms. The Morgan fingerprint density at radius 2 is 1.86 bits per heavy atom. The Labute approximate surface area is 175 Å². The van der Waals surface area contributed by atoms with Crippen molar-refractivity contribution in [1.29, 1.82) is 0 Å². The topological polar surface area (TPSA) is 42.0 Å². The van der Waals surface area contributed by atoms with Gasteiger partial charge in [0, 0.05) is 18.6 Å². The molecule has 0 atom stereocenters. The van der Waals surface area contributed by atoms with Crippen LogP contribution in [0.15, 0.2) is 48.2 Å². The van der Waals surface area contributed by atoms with Gasteiger partial charge in [0.1, 0.15) is 12.3 Å². The first-order valence-corrected chi connectivity index (χ1v) is 9.59. The van der Waals surface area contributed by atoms with Gasteiger partial charge in [-0.25, -0.2) is 0 Å². The van der Waals surface area contributed by atoms with E-state index in [4.69, 9.17) is 33.3 Å². The number of rotatable bonds is 6. The van der Waals surface area contributed by atoms with E-state index in [1.165, 1.54) is 0 Å². The van der Waals surface area contributed by atoms with E-state index in [1.54, 1.807) is 30.0 Å². The maximum absolute atomic E-state index is 12.5. The van der Waals surface area contributed by atoms with Crippen LogP contribution in [0.4, 0.5) is 0 Å². The SMILES string of the molecule is CCN1C(=O)/C(=C\c2ccc(OCc3ccc(Cl)cc3)c(OC)c2)N(C)C1=S. The summed E-state index contributed by atoms with van der Waals surface area (Å²) in [6.45, 7) is 2.84. The summed E-state index contributed by atoms with van der Waals surface area (Å²) in [6.07, 6.45) is 1.80. The molecule has 1 saturated heterocycles. The molecule has 1 aliphatic heterocycles. The van der Waals surface area contributed by atoms with Crippen molar-refractivity contribution in [3.8, 4) is 11.5 Å². The molecule has 0 unspecified atom stereocenters. The van der Waals surface area contributed by atoms with Gasteiger partial charge in [-0.3, -0.25) is 9.69 Å². The lowest BCUT2D eigenvalue weighted by Gasteiger charge is -2.14. The molecule has 0 aliphatic carbocycles. The Kier molecular flexibility index (Phi) is 6.21. The molecule has 1 aliphatic rings. The van der Waals surface area contributed by atoms with E-state index >= 15 is 0 Å². The molecule has 0 radical (unpaired) electrons. The van der Waals surface area contributed by atoms with E-state index in [0.717, 1.165) is 11.1 Å². The molecule has 0 spiro atoms. The van der Waals surface area contributed by atoms with Gasteiger partial charge in [0.15, 0.2) is 16.6 Å². The molecule has 1 amide bonds. The van der Waals surface area contributed by atoms with Gasteiger partial charge in [-0.15, -0.1) is 0 Å². The predicted molar refractivity (Wildman–Crippen MR) is 115 cm³/mol. The van der Waals surface area contributed by atoms with Crippen molar-refractivity contribution in [1.82, 2.24) is 9.80 Å². The first kappa shape index (κ1) is 20.2. The quantitative estimate of drug-likeness (QED) is 0.517. The zero-order chi connectivity index (χ0) is 20.3. The van der Waals surface area contributed by atoms with Gasteiger partial charge >= 0.3 is 0 Å². The van der Waals surface area contributed by atoms with Crippen LogP contribution in [-0.4, -0.2) is 41.5 Å². The largest absolute Gasteiger partial charge is 0.493 e. The number of hydrogen-bond donors (Lipinski definition) is 0. The van der Waals surface area contributed by atoms with Crippen molar-refractivity contribution >= 4 is 40.9 Å². The maximum atomic E-state index is 12.5. The molecular formula is C21H21ClN2O3S. The summed E-state index contributed by atoms with van der Waals surface area (Å²) in [4.78, 5) is 15.8. The molecule has 0 aromatic heterocycles. The average Bonchev–Trinajstić information content (AvgIpc) is 2.90. The zero-order valence-electron chi connectivity index (χ0n) is 15.9. The fourth-order valence-electron chi connectivity index (χ4n) is 2.88. The van der Waals surface area contributed by atoms with Crippen LogP contribution in [0.25, 0.3) is 6.08 Å². The van der Waals surface area contributed by atoms with Crippen LogP contribution in [0.2, 0.25) is 5.02 Å². The number of thiocarbonyl (C=S) groups is 1. The Hall–Kier alpha value is -2.57. The molecule has 3 rings (SSSR count). The van der Waals surface area contributed by atoms with Gasteiger partial charge in [0.25, 0.3) is 5.91 Å². The van der Waals surface area contributed by atoms with Gasteiger partial charge in [0.2, 0.25) is 0 Å². The Morgan fingerprint density at radius 1 is 1.14 bits per heavy atom. The van der Waals surface area contributed by atoms with Crippen molar-refractivity contribution in [3.05, 3.63) is 64.3 Å². The number of methoxy groups -OCH3 is 1. The molecule has 1 heterocycles. The Morgan fingerprint density at radius 3 is 2.46 bits per heavy atom. The van der Waals surface area contributed by atoms with Crippen molar-refractivity contribution < 1.29 is 14.3 Å². The number of ether oxygens (including phenoxy) is 2. The number of hydrogen-bond acceptors (Lipinski definition) is 4. The highest BCUT2D eigenvalue weighted by Gasteiger charge is 2.34. The van der Waals surface area contributed by atoms with Crippen LogP contribution in [0.5, 0.6) is 11.5 Å². The lowest BCUT2D eigenvalue weighted by Crippen LogP contribution is -2.30. The van der Waals surface area contributed by atoms with E-state index in [0.29, 0.717) is 40.5 Å². The van der Waals surface area contributed by atoms with Crippen LogP contribution < -0.4 is 9.47 Å². The van der Waals surface area contributed by atoms with Gasteiger partial charge in [-0.2, -0.15) is 0 Å². The second-order valence-electron chi connectivity index (χ2n) is 6.25. The Bertz CT molecular complexity index is 928. The van der Waals surface area contributed by atoms with Crippen LogP contribution >= 0.6 is 23.8 Å². The summed E-state index contributed by atoms with van der Waals surface area (Å²) in [5.74, 6) is 1.11. The minimum Gasteiger partial charge on any atom is -0.493 e. The normalized spacial score (nSPS) is 15.5. The standard InChI is InChI=1S/C21H21ClN2O3S/c1-4-24-20(25)17(23(2)21(24)28)11-15-7-10-18(19(12-15)26-3)27-13-14-5-8-16(22)9-6-14/h5-12H,4,13H2,1-3H3/b17-11+. The second kappa shape index (κ2) is 8.63. The highest BCUT2D eigenvalue weighted by atomic mass is 35.5. The highest BCUT2D eigenvalue weighted by Crippen LogP contribution is 2.31. The van der Waals surface area contributed by atoms with E-state index in [-0.39, 0.29) is 5.91 Å². The monoisotopic (exact) mass is 416 g/mol. The van der Waals surface area contributed by atoms with Gasteiger partial charge in [-0.05, 0) is 60.6 Å². The number of halogens is 1. The Balaban J connectivity index is 1.80. The third-order valence-electron chi connectivity index (χ3n) is 4.46. The van der Waals surface area contributed by atoms with Crippen LogP contribution in [0.3, 0.4) is 0 Å². The van der Waals surface area contributed by atoms with Crippen LogP contribution in [0, 0.1) is 0 Å². The van der Waals surface area contributed by atoms with Gasteiger partial charge < -0.3 is 14.4 Å². The van der Waals surface area contributed by atoms with Gasteiger partial charge in [0.05, 0.1) is 7.11 Å². The molecule has 28 heavy (non-hydrogen) atoms. The first-order chi connectivity index (χ1) is 13.4. The fourth-order valence-corrected chi connectivity index (χ4v) is 3.32. The summed E-state index contributed by atoms with van der Waals surface area (Å²) < 4.78 is 11.3. The molecule has 7 heteroatoms. The molecular weight excluding hydrogens is 396 g/mol. The van der Waals surface area contributed by atoms with Crippen molar-refractivity contribution in [3.63, 3.8) is 0 Å². The number of amides is 1. The number of likely N-dealkylation sites (N-methyl/N-ethyl adjacent to an activating group) is 2. The van der Waals surface area contributed by atoms with Gasteiger partial charge in [-0.1, -0.05) is 29.8 Å². The van der Waals surface area contributed by atoms with Crippen LogP contribution in [-0.2, 0) is 11.4 Å². The van der Waals surface area contributed by atoms with E-state index in [9.17, 15) is 4.79 Å². The number of carbonyl (C=O) groups is 1. The summed E-state index contributed by atoms with van der Waals surface area (Å²) >= 11 is 11.2.